The van der Waals surface area contributed by atoms with E-state index in [0.717, 1.165) is 11.1 Å². The number of rotatable bonds is 3. The molecule has 0 bridgehead atoms. The average Bonchev–Trinajstić information content (AvgIpc) is 2.31. The summed E-state index contributed by atoms with van der Waals surface area (Å²) >= 11 is 0. The summed E-state index contributed by atoms with van der Waals surface area (Å²) in [7, 11) is 0. The third kappa shape index (κ3) is 2.17. The van der Waals surface area contributed by atoms with Crippen molar-refractivity contribution < 1.29 is 4.74 Å². The van der Waals surface area contributed by atoms with Crippen molar-refractivity contribution in [3.05, 3.63) is 47.9 Å². The zero-order valence-corrected chi connectivity index (χ0v) is 9.05. The van der Waals surface area contributed by atoms with Crippen molar-refractivity contribution in [1.82, 2.24) is 9.97 Å². The normalized spacial score (nSPS) is 10.1. The van der Waals surface area contributed by atoms with E-state index < -0.39 is 0 Å². The Labute approximate surface area is 94.1 Å². The zero-order chi connectivity index (χ0) is 11.4. The van der Waals surface area contributed by atoms with Crippen LogP contribution in [-0.2, 0) is 6.54 Å². The second-order valence-electron chi connectivity index (χ2n) is 3.41. The van der Waals surface area contributed by atoms with Crippen LogP contribution in [0.1, 0.15) is 11.1 Å². The third-order valence-electron chi connectivity index (χ3n) is 2.30. The largest absolute Gasteiger partial charge is 0.437 e. The van der Waals surface area contributed by atoms with Crippen LogP contribution in [0.2, 0.25) is 0 Å². The number of aromatic nitrogens is 2. The van der Waals surface area contributed by atoms with Gasteiger partial charge < -0.3 is 10.5 Å². The molecule has 0 saturated carbocycles. The van der Waals surface area contributed by atoms with Crippen LogP contribution in [0.3, 0.4) is 0 Å². The molecule has 0 aliphatic carbocycles. The summed E-state index contributed by atoms with van der Waals surface area (Å²) in [5.74, 6) is 1.21. The zero-order valence-electron chi connectivity index (χ0n) is 9.05. The predicted octanol–water partition coefficient (Wildman–Crippen LogP) is 2.04. The molecule has 2 N–H and O–H groups in total. The lowest BCUT2D eigenvalue weighted by Crippen LogP contribution is -2.03. The summed E-state index contributed by atoms with van der Waals surface area (Å²) in [5, 5.41) is 0. The molecule has 82 valence electrons. The summed E-state index contributed by atoms with van der Waals surface area (Å²) in [6.07, 6.45) is 5.05. The van der Waals surface area contributed by atoms with E-state index in [0.29, 0.717) is 18.2 Å². The average molecular weight is 215 g/mol. The number of pyridine rings is 2. The van der Waals surface area contributed by atoms with Gasteiger partial charge in [0.05, 0.1) is 6.20 Å². The molecule has 0 saturated heterocycles. The number of hydrogen-bond donors (Lipinski definition) is 1. The first-order valence-electron chi connectivity index (χ1n) is 5.03. The van der Waals surface area contributed by atoms with Crippen LogP contribution < -0.4 is 10.5 Å². The molecule has 0 unspecified atom stereocenters. The Bertz CT molecular complexity index is 471. The van der Waals surface area contributed by atoms with Crippen LogP contribution in [0.25, 0.3) is 0 Å². The Morgan fingerprint density at radius 3 is 2.88 bits per heavy atom. The van der Waals surface area contributed by atoms with Crippen molar-refractivity contribution in [2.45, 2.75) is 13.5 Å². The lowest BCUT2D eigenvalue weighted by atomic mass is 10.1. The molecule has 0 aromatic carbocycles. The van der Waals surface area contributed by atoms with Crippen LogP contribution in [-0.4, -0.2) is 9.97 Å². The van der Waals surface area contributed by atoms with Gasteiger partial charge in [-0.1, -0.05) is 0 Å². The van der Waals surface area contributed by atoms with Crippen molar-refractivity contribution >= 4 is 0 Å². The smallest absolute Gasteiger partial charge is 0.224 e. The van der Waals surface area contributed by atoms with Crippen LogP contribution >= 0.6 is 0 Å². The topological polar surface area (TPSA) is 61.0 Å². The molecular weight excluding hydrogens is 202 g/mol. The highest BCUT2D eigenvalue weighted by atomic mass is 16.5. The van der Waals surface area contributed by atoms with Crippen LogP contribution in [0.15, 0.2) is 36.8 Å². The van der Waals surface area contributed by atoms with Gasteiger partial charge in [0.15, 0.2) is 0 Å². The number of hydrogen-bond acceptors (Lipinski definition) is 4. The van der Waals surface area contributed by atoms with E-state index in [1.54, 1.807) is 18.6 Å². The second kappa shape index (κ2) is 4.72. The number of aryl methyl sites for hydroxylation is 1. The number of nitrogens with zero attached hydrogens (tertiary/aromatic N) is 2. The molecule has 0 amide bonds. The van der Waals surface area contributed by atoms with E-state index >= 15 is 0 Å². The van der Waals surface area contributed by atoms with Gasteiger partial charge in [-0.15, -0.1) is 0 Å². The highest BCUT2D eigenvalue weighted by Crippen LogP contribution is 2.23. The van der Waals surface area contributed by atoms with E-state index in [1.807, 2.05) is 25.1 Å². The van der Waals surface area contributed by atoms with Crippen molar-refractivity contribution in [3.63, 3.8) is 0 Å². The Morgan fingerprint density at radius 2 is 2.19 bits per heavy atom. The van der Waals surface area contributed by atoms with Crippen molar-refractivity contribution in [2.24, 2.45) is 5.73 Å². The minimum Gasteiger partial charge on any atom is -0.437 e. The molecular formula is C12H13N3O. The highest BCUT2D eigenvalue weighted by Gasteiger charge is 2.07. The Morgan fingerprint density at radius 1 is 1.31 bits per heavy atom. The SMILES string of the molecule is Cc1ccnc(Oc2cccnc2)c1CN. The van der Waals surface area contributed by atoms with Crippen LogP contribution in [0, 0.1) is 6.92 Å². The first-order valence-corrected chi connectivity index (χ1v) is 5.03. The monoisotopic (exact) mass is 215 g/mol. The van der Waals surface area contributed by atoms with Crippen LogP contribution in [0.5, 0.6) is 11.6 Å². The fourth-order valence-electron chi connectivity index (χ4n) is 1.42. The van der Waals surface area contributed by atoms with Crippen molar-refractivity contribution in [2.75, 3.05) is 0 Å². The van der Waals surface area contributed by atoms with Gasteiger partial charge in [0.1, 0.15) is 5.75 Å². The van der Waals surface area contributed by atoms with Crippen molar-refractivity contribution in [3.8, 4) is 11.6 Å². The van der Waals surface area contributed by atoms with Gasteiger partial charge in [0.25, 0.3) is 0 Å². The summed E-state index contributed by atoms with van der Waals surface area (Å²) in [4.78, 5) is 8.15. The molecule has 0 radical (unpaired) electrons. The maximum absolute atomic E-state index is 5.67. The molecule has 2 rings (SSSR count). The van der Waals surface area contributed by atoms with E-state index in [1.165, 1.54) is 0 Å². The summed E-state index contributed by atoms with van der Waals surface area (Å²) in [6, 6.07) is 5.56. The lowest BCUT2D eigenvalue weighted by molar-refractivity contribution is 0.453. The molecule has 0 aliphatic heterocycles. The van der Waals surface area contributed by atoms with Gasteiger partial charge in [-0.25, -0.2) is 4.98 Å². The fourth-order valence-corrected chi connectivity index (χ4v) is 1.42. The van der Waals surface area contributed by atoms with E-state index in [-0.39, 0.29) is 0 Å². The van der Waals surface area contributed by atoms with Gasteiger partial charge in [-0.2, -0.15) is 0 Å². The molecule has 4 heteroatoms. The molecule has 2 aromatic rings. The minimum absolute atomic E-state index is 0.412. The first kappa shape index (κ1) is 10.6. The molecule has 16 heavy (non-hydrogen) atoms. The second-order valence-corrected chi connectivity index (χ2v) is 3.41. The Hall–Kier alpha value is -1.94. The predicted molar refractivity (Wildman–Crippen MR) is 61.2 cm³/mol. The summed E-state index contributed by atoms with van der Waals surface area (Å²) in [6.45, 7) is 2.40. The lowest BCUT2D eigenvalue weighted by Gasteiger charge is -2.10. The van der Waals surface area contributed by atoms with Crippen LogP contribution in [0.4, 0.5) is 0 Å². The van der Waals surface area contributed by atoms with Crippen molar-refractivity contribution in [1.29, 1.82) is 0 Å². The molecule has 0 fully saturated rings. The van der Waals surface area contributed by atoms with Gasteiger partial charge in [-0.05, 0) is 30.7 Å². The molecule has 0 aliphatic rings. The minimum atomic E-state index is 0.412. The Kier molecular flexibility index (Phi) is 3.12. The van der Waals surface area contributed by atoms with E-state index in [4.69, 9.17) is 10.5 Å². The van der Waals surface area contributed by atoms with E-state index in [9.17, 15) is 0 Å². The molecule has 2 heterocycles. The van der Waals surface area contributed by atoms with Gasteiger partial charge in [-0.3, -0.25) is 4.98 Å². The number of nitrogens with two attached hydrogens (primary N) is 1. The summed E-state index contributed by atoms with van der Waals surface area (Å²) < 4.78 is 5.63. The quantitative estimate of drug-likeness (QED) is 0.851. The molecule has 4 nitrogen and oxygen atoms in total. The van der Waals surface area contributed by atoms with Gasteiger partial charge >= 0.3 is 0 Å². The first-order chi connectivity index (χ1) is 7.81. The molecule has 2 aromatic heterocycles. The fraction of sp³-hybridized carbons (Fsp3) is 0.167. The maximum Gasteiger partial charge on any atom is 0.224 e. The molecule has 0 spiro atoms. The Balaban J connectivity index is 2.31. The number of ether oxygens (including phenoxy) is 1. The van der Waals surface area contributed by atoms with Gasteiger partial charge in [0, 0.05) is 24.5 Å². The summed E-state index contributed by atoms with van der Waals surface area (Å²) in [5.41, 5.74) is 7.67. The highest BCUT2D eigenvalue weighted by molar-refractivity contribution is 5.36. The van der Waals surface area contributed by atoms with E-state index in [2.05, 4.69) is 9.97 Å². The maximum atomic E-state index is 5.67. The third-order valence-corrected chi connectivity index (χ3v) is 2.30. The van der Waals surface area contributed by atoms with Gasteiger partial charge in [0.2, 0.25) is 5.88 Å². The standard InChI is InChI=1S/C12H13N3O/c1-9-4-6-15-12(11(9)7-13)16-10-3-2-5-14-8-10/h2-6,8H,7,13H2,1H3. The molecule has 0 atom stereocenters.